The van der Waals surface area contributed by atoms with Crippen molar-refractivity contribution in [1.82, 2.24) is 10.3 Å². The Morgan fingerprint density at radius 1 is 1.19 bits per heavy atom. The maximum absolute atomic E-state index is 12.3. The van der Waals surface area contributed by atoms with E-state index in [0.29, 0.717) is 41.3 Å². The number of benzene rings is 1. The molecule has 0 aliphatic rings. The number of aromatic nitrogens is 1. The molecule has 0 unspecified atom stereocenters. The van der Waals surface area contributed by atoms with Crippen LogP contribution < -0.4 is 10.6 Å². The largest absolute Gasteiger partial charge is 0.465 e. The molecule has 9 heteroatoms. The lowest BCUT2D eigenvalue weighted by atomic mass is 10.1. The Labute approximate surface area is 149 Å². The van der Waals surface area contributed by atoms with Gasteiger partial charge >= 0.3 is 5.97 Å². The van der Waals surface area contributed by atoms with Gasteiger partial charge in [-0.2, -0.15) is 0 Å². The molecule has 1 heterocycles. The summed E-state index contributed by atoms with van der Waals surface area (Å²) in [6.45, 7) is 4.15. The number of anilines is 1. The number of nitro benzene ring substituents is 1. The van der Waals surface area contributed by atoms with Gasteiger partial charge in [-0.3, -0.25) is 14.9 Å². The number of nitro groups is 1. The van der Waals surface area contributed by atoms with Gasteiger partial charge in [-0.15, -0.1) is 0 Å². The molecule has 3 N–H and O–H groups in total. The van der Waals surface area contributed by atoms with E-state index in [1.165, 1.54) is 19.2 Å². The summed E-state index contributed by atoms with van der Waals surface area (Å²) in [6.07, 6.45) is 0. The normalized spacial score (nSPS) is 10.3. The van der Waals surface area contributed by atoms with Crippen LogP contribution in [0, 0.1) is 24.0 Å². The summed E-state index contributed by atoms with van der Waals surface area (Å²) >= 11 is 0. The number of carbonyl (C=O) groups excluding carboxylic acids is 2. The summed E-state index contributed by atoms with van der Waals surface area (Å²) in [7, 11) is 1.29. The van der Waals surface area contributed by atoms with Crippen LogP contribution in [0.25, 0.3) is 0 Å². The van der Waals surface area contributed by atoms with Crippen molar-refractivity contribution in [2.24, 2.45) is 0 Å². The molecule has 0 radical (unpaired) electrons. The molecule has 2 rings (SSSR count). The van der Waals surface area contributed by atoms with Gasteiger partial charge in [-0.05, 0) is 31.5 Å². The number of nitrogens with zero attached hydrogens (tertiary/aromatic N) is 1. The smallest absolute Gasteiger partial charge is 0.339 e. The van der Waals surface area contributed by atoms with E-state index in [1.54, 1.807) is 26.0 Å². The number of amides is 1. The lowest BCUT2D eigenvalue weighted by molar-refractivity contribution is -0.384. The zero-order valence-electron chi connectivity index (χ0n) is 14.7. The van der Waals surface area contributed by atoms with E-state index in [0.717, 1.165) is 0 Å². The summed E-state index contributed by atoms with van der Waals surface area (Å²) in [5, 5.41) is 16.4. The van der Waals surface area contributed by atoms with Crippen molar-refractivity contribution in [3.63, 3.8) is 0 Å². The number of rotatable bonds is 7. The van der Waals surface area contributed by atoms with Crippen LogP contribution in [0.3, 0.4) is 0 Å². The molecule has 1 aromatic heterocycles. The molecule has 1 aromatic carbocycles. The Morgan fingerprint density at radius 2 is 1.85 bits per heavy atom. The van der Waals surface area contributed by atoms with E-state index >= 15 is 0 Å². The Kier molecular flexibility index (Phi) is 5.94. The standard InChI is InChI=1S/C17H20N4O5/c1-10-14(17(23)26-3)11(2)20-15(10)16(22)19-9-8-18-12-4-6-13(7-5-12)21(24)25/h4-7,18,20H,8-9H2,1-3H3,(H,19,22). The first-order chi connectivity index (χ1) is 12.3. The van der Waals surface area contributed by atoms with E-state index in [-0.39, 0.29) is 11.6 Å². The number of hydrogen-bond donors (Lipinski definition) is 3. The van der Waals surface area contributed by atoms with Gasteiger partial charge < -0.3 is 20.4 Å². The highest BCUT2D eigenvalue weighted by atomic mass is 16.6. The van der Waals surface area contributed by atoms with E-state index in [1.807, 2.05) is 0 Å². The molecule has 26 heavy (non-hydrogen) atoms. The van der Waals surface area contributed by atoms with Crippen LogP contribution in [0.5, 0.6) is 0 Å². The van der Waals surface area contributed by atoms with Crippen molar-refractivity contribution >= 4 is 23.3 Å². The first-order valence-electron chi connectivity index (χ1n) is 7.89. The molecule has 0 bridgehead atoms. The van der Waals surface area contributed by atoms with Gasteiger partial charge in [0, 0.05) is 36.6 Å². The van der Waals surface area contributed by atoms with E-state index in [4.69, 9.17) is 4.74 Å². The van der Waals surface area contributed by atoms with Gasteiger partial charge in [-0.25, -0.2) is 4.79 Å². The minimum absolute atomic E-state index is 0.0165. The molecule has 0 aliphatic carbocycles. The van der Waals surface area contributed by atoms with Crippen LogP contribution in [0.15, 0.2) is 24.3 Å². The Morgan fingerprint density at radius 3 is 2.42 bits per heavy atom. The summed E-state index contributed by atoms with van der Waals surface area (Å²) in [5.41, 5.74) is 2.52. The number of ether oxygens (including phenoxy) is 1. The van der Waals surface area contributed by atoms with E-state index < -0.39 is 10.9 Å². The van der Waals surface area contributed by atoms with Gasteiger partial charge in [0.1, 0.15) is 5.69 Å². The van der Waals surface area contributed by atoms with Crippen LogP contribution in [-0.2, 0) is 4.74 Å². The SMILES string of the molecule is COC(=O)c1c(C)[nH]c(C(=O)NCCNc2ccc([N+](=O)[O-])cc2)c1C. The molecule has 0 fully saturated rings. The Bertz CT molecular complexity index is 826. The predicted octanol–water partition coefficient (Wildman–Crippen LogP) is 2.17. The van der Waals surface area contributed by atoms with Crippen LogP contribution in [0.4, 0.5) is 11.4 Å². The number of non-ortho nitro benzene ring substituents is 1. The topological polar surface area (TPSA) is 126 Å². The lowest BCUT2D eigenvalue weighted by Gasteiger charge is -2.08. The monoisotopic (exact) mass is 360 g/mol. The quantitative estimate of drug-likeness (QED) is 0.301. The highest BCUT2D eigenvalue weighted by molar-refractivity contribution is 6.00. The number of H-pyrrole nitrogens is 1. The summed E-state index contributed by atoms with van der Waals surface area (Å²) in [4.78, 5) is 37.1. The lowest BCUT2D eigenvalue weighted by Crippen LogP contribution is -2.29. The number of nitrogens with one attached hydrogen (secondary N) is 3. The number of aromatic amines is 1. The number of hydrogen-bond acceptors (Lipinski definition) is 6. The number of esters is 1. The molecular formula is C17H20N4O5. The fourth-order valence-electron chi connectivity index (χ4n) is 2.56. The second kappa shape index (κ2) is 8.15. The third-order valence-electron chi connectivity index (χ3n) is 3.87. The van der Waals surface area contributed by atoms with Crippen molar-refractivity contribution in [1.29, 1.82) is 0 Å². The van der Waals surface area contributed by atoms with Gasteiger partial charge in [0.2, 0.25) is 0 Å². The van der Waals surface area contributed by atoms with Crippen LogP contribution in [0.1, 0.15) is 32.1 Å². The summed E-state index contributed by atoms with van der Waals surface area (Å²) in [6, 6.07) is 6.00. The van der Waals surface area contributed by atoms with E-state index in [2.05, 4.69) is 15.6 Å². The van der Waals surface area contributed by atoms with Gasteiger partial charge in [-0.1, -0.05) is 0 Å². The predicted molar refractivity (Wildman–Crippen MR) is 95.5 cm³/mol. The Hall–Kier alpha value is -3.36. The molecule has 0 spiro atoms. The number of methoxy groups -OCH3 is 1. The zero-order chi connectivity index (χ0) is 19.3. The highest BCUT2D eigenvalue weighted by Gasteiger charge is 2.22. The second-order valence-electron chi connectivity index (χ2n) is 5.60. The first kappa shape index (κ1) is 19.0. The fourth-order valence-corrected chi connectivity index (χ4v) is 2.56. The van der Waals surface area contributed by atoms with Crippen LogP contribution in [-0.4, -0.2) is 42.0 Å². The van der Waals surface area contributed by atoms with Crippen molar-refractivity contribution in [3.05, 3.63) is 56.9 Å². The summed E-state index contributed by atoms with van der Waals surface area (Å²) < 4.78 is 4.72. The molecule has 0 atom stereocenters. The van der Waals surface area contributed by atoms with Crippen LogP contribution >= 0.6 is 0 Å². The molecule has 9 nitrogen and oxygen atoms in total. The third kappa shape index (κ3) is 4.18. The number of aryl methyl sites for hydroxylation is 1. The molecule has 0 saturated heterocycles. The van der Waals surface area contributed by atoms with Crippen LogP contribution in [0.2, 0.25) is 0 Å². The maximum atomic E-state index is 12.3. The average molecular weight is 360 g/mol. The minimum Gasteiger partial charge on any atom is -0.465 e. The Balaban J connectivity index is 1.89. The maximum Gasteiger partial charge on any atom is 0.339 e. The van der Waals surface area contributed by atoms with Gasteiger partial charge in [0.25, 0.3) is 11.6 Å². The molecule has 0 aliphatic heterocycles. The fraction of sp³-hybridized carbons (Fsp3) is 0.294. The zero-order valence-corrected chi connectivity index (χ0v) is 14.7. The molecule has 0 saturated carbocycles. The third-order valence-corrected chi connectivity index (χ3v) is 3.87. The van der Waals surface area contributed by atoms with Crippen molar-refractivity contribution < 1.29 is 19.2 Å². The van der Waals surface area contributed by atoms with Crippen molar-refractivity contribution in [2.45, 2.75) is 13.8 Å². The van der Waals surface area contributed by atoms with Crippen molar-refractivity contribution in [2.75, 3.05) is 25.5 Å². The highest BCUT2D eigenvalue weighted by Crippen LogP contribution is 2.19. The number of carbonyl (C=O) groups is 2. The van der Waals surface area contributed by atoms with E-state index in [9.17, 15) is 19.7 Å². The second-order valence-corrected chi connectivity index (χ2v) is 5.60. The molecule has 138 valence electrons. The molecule has 2 aromatic rings. The van der Waals surface area contributed by atoms with Gasteiger partial charge in [0.15, 0.2) is 0 Å². The average Bonchev–Trinajstić information content (AvgIpc) is 2.92. The summed E-state index contributed by atoms with van der Waals surface area (Å²) in [5.74, 6) is -0.818. The first-order valence-corrected chi connectivity index (χ1v) is 7.89. The van der Waals surface area contributed by atoms with Crippen molar-refractivity contribution in [3.8, 4) is 0 Å². The minimum atomic E-state index is -0.491. The van der Waals surface area contributed by atoms with Gasteiger partial charge in [0.05, 0.1) is 17.6 Å². The molecular weight excluding hydrogens is 340 g/mol. The molecule has 1 amide bonds.